The molecule has 0 bridgehead atoms. The van der Waals surface area contributed by atoms with Crippen LogP contribution in [0.1, 0.15) is 25.3 Å². The zero-order valence-electron chi connectivity index (χ0n) is 11.1. The van der Waals surface area contributed by atoms with Gasteiger partial charge in [-0.2, -0.15) is 5.26 Å². The molecule has 0 aliphatic rings. The molecule has 1 aromatic rings. The molecule has 20 heavy (non-hydrogen) atoms. The van der Waals surface area contributed by atoms with Gasteiger partial charge in [0, 0.05) is 0 Å². The van der Waals surface area contributed by atoms with Crippen LogP contribution < -0.4 is 10.1 Å². The van der Waals surface area contributed by atoms with Crippen molar-refractivity contribution in [2.24, 2.45) is 0 Å². The summed E-state index contributed by atoms with van der Waals surface area (Å²) in [4.78, 5) is 22.5. The summed E-state index contributed by atoms with van der Waals surface area (Å²) in [5, 5.41) is 20.2. The maximum Gasteiger partial charge on any atom is 0.326 e. The van der Waals surface area contributed by atoms with Crippen molar-refractivity contribution < 1.29 is 19.4 Å². The minimum Gasteiger partial charge on any atom is -0.482 e. The first-order valence-corrected chi connectivity index (χ1v) is 6.22. The number of carbonyl (C=O) groups is 2. The summed E-state index contributed by atoms with van der Waals surface area (Å²) in [6, 6.07) is 7.56. The maximum atomic E-state index is 11.6. The van der Waals surface area contributed by atoms with E-state index < -0.39 is 17.9 Å². The summed E-state index contributed by atoms with van der Waals surface area (Å²) < 4.78 is 5.22. The van der Waals surface area contributed by atoms with Crippen molar-refractivity contribution in [3.05, 3.63) is 29.8 Å². The molecule has 1 amide bonds. The van der Waals surface area contributed by atoms with E-state index in [0.717, 1.165) is 0 Å². The molecular formula is C14H16N2O4. The Balaban J connectivity index is 2.55. The Morgan fingerprint density at radius 2 is 2.15 bits per heavy atom. The van der Waals surface area contributed by atoms with Crippen LogP contribution in [-0.2, 0) is 9.59 Å². The Hall–Kier alpha value is -2.55. The van der Waals surface area contributed by atoms with Crippen molar-refractivity contribution in [2.45, 2.75) is 25.8 Å². The Morgan fingerprint density at radius 1 is 1.45 bits per heavy atom. The summed E-state index contributed by atoms with van der Waals surface area (Å²) in [5.74, 6) is -1.30. The Kier molecular flexibility index (Phi) is 6.04. The molecule has 0 saturated heterocycles. The molecule has 0 spiro atoms. The number of hydrogen-bond acceptors (Lipinski definition) is 4. The third-order valence-corrected chi connectivity index (χ3v) is 2.58. The zero-order valence-corrected chi connectivity index (χ0v) is 11.1. The number of benzene rings is 1. The molecule has 6 nitrogen and oxygen atoms in total. The summed E-state index contributed by atoms with van der Waals surface area (Å²) in [7, 11) is 0. The van der Waals surface area contributed by atoms with Crippen LogP contribution in [0.4, 0.5) is 0 Å². The molecule has 2 N–H and O–H groups in total. The van der Waals surface area contributed by atoms with E-state index in [1.807, 2.05) is 13.0 Å². The van der Waals surface area contributed by atoms with Crippen LogP contribution in [0.15, 0.2) is 24.3 Å². The van der Waals surface area contributed by atoms with Crippen LogP contribution in [0.2, 0.25) is 0 Å². The lowest BCUT2D eigenvalue weighted by molar-refractivity contribution is -0.142. The molecule has 1 rings (SSSR count). The number of nitriles is 1. The van der Waals surface area contributed by atoms with Gasteiger partial charge in [0.25, 0.3) is 5.91 Å². The van der Waals surface area contributed by atoms with Gasteiger partial charge in [-0.3, -0.25) is 4.79 Å². The fourth-order valence-electron chi connectivity index (χ4n) is 1.61. The van der Waals surface area contributed by atoms with Crippen LogP contribution >= 0.6 is 0 Å². The summed E-state index contributed by atoms with van der Waals surface area (Å²) in [6.45, 7) is 1.51. The number of amides is 1. The second-order valence-corrected chi connectivity index (χ2v) is 4.14. The number of nitrogens with one attached hydrogen (secondary N) is 1. The quantitative estimate of drug-likeness (QED) is 0.782. The highest BCUT2D eigenvalue weighted by Crippen LogP contribution is 2.16. The SMILES string of the molecule is CCC[C@H](NC(=O)COc1ccccc1C#N)C(=O)O. The van der Waals surface area contributed by atoms with Crippen LogP contribution in [0.25, 0.3) is 0 Å². The number of rotatable bonds is 7. The van der Waals surface area contributed by atoms with Crippen LogP contribution in [0, 0.1) is 11.3 Å². The maximum absolute atomic E-state index is 11.6. The average molecular weight is 276 g/mol. The van der Waals surface area contributed by atoms with Gasteiger partial charge in [0.05, 0.1) is 5.56 Å². The standard InChI is InChI=1S/C14H16N2O4/c1-2-5-11(14(18)19)16-13(17)9-20-12-7-4-3-6-10(12)8-15/h3-4,6-7,11H,2,5,9H2,1H3,(H,16,17)(H,18,19)/t11-/m0/s1. The van der Waals surface area contributed by atoms with Crippen molar-refractivity contribution in [2.75, 3.05) is 6.61 Å². The predicted octanol–water partition coefficient (Wildman–Crippen LogP) is 1.31. The molecule has 0 heterocycles. The minimum absolute atomic E-state index is 0.299. The lowest BCUT2D eigenvalue weighted by atomic mass is 10.2. The van der Waals surface area contributed by atoms with E-state index in [2.05, 4.69) is 5.32 Å². The van der Waals surface area contributed by atoms with Crippen LogP contribution in [0.5, 0.6) is 5.75 Å². The van der Waals surface area contributed by atoms with E-state index in [9.17, 15) is 9.59 Å². The number of aliphatic carboxylic acids is 1. The number of carboxylic acids is 1. The second-order valence-electron chi connectivity index (χ2n) is 4.14. The predicted molar refractivity (Wildman–Crippen MR) is 71.1 cm³/mol. The molecule has 1 aromatic carbocycles. The zero-order chi connectivity index (χ0) is 15.0. The van der Waals surface area contributed by atoms with Gasteiger partial charge in [0.2, 0.25) is 0 Å². The minimum atomic E-state index is -1.07. The monoisotopic (exact) mass is 276 g/mol. The van der Waals surface area contributed by atoms with Crippen molar-refractivity contribution in [3.63, 3.8) is 0 Å². The van der Waals surface area contributed by atoms with Crippen molar-refractivity contribution >= 4 is 11.9 Å². The highest BCUT2D eigenvalue weighted by Gasteiger charge is 2.19. The van der Waals surface area contributed by atoms with E-state index >= 15 is 0 Å². The third-order valence-electron chi connectivity index (χ3n) is 2.58. The Morgan fingerprint density at radius 3 is 2.75 bits per heavy atom. The van der Waals surface area contributed by atoms with E-state index in [4.69, 9.17) is 15.1 Å². The van der Waals surface area contributed by atoms with E-state index in [-0.39, 0.29) is 6.61 Å². The summed E-state index contributed by atoms with van der Waals surface area (Å²) >= 11 is 0. The first kappa shape index (κ1) is 15.5. The number of ether oxygens (including phenoxy) is 1. The number of carboxylic acid groups (broad SMARTS) is 1. The van der Waals surface area contributed by atoms with Gasteiger partial charge in [-0.05, 0) is 18.6 Å². The Labute approximate surface area is 117 Å². The molecule has 0 radical (unpaired) electrons. The normalized spacial score (nSPS) is 11.2. The first-order chi connectivity index (χ1) is 9.58. The lowest BCUT2D eigenvalue weighted by Crippen LogP contribution is -2.42. The van der Waals surface area contributed by atoms with Crippen molar-refractivity contribution in [1.82, 2.24) is 5.32 Å². The molecule has 0 aliphatic carbocycles. The highest BCUT2D eigenvalue weighted by molar-refractivity contribution is 5.84. The van der Waals surface area contributed by atoms with Crippen LogP contribution in [0.3, 0.4) is 0 Å². The third kappa shape index (κ3) is 4.61. The number of para-hydroxylation sites is 1. The fraction of sp³-hybridized carbons (Fsp3) is 0.357. The largest absolute Gasteiger partial charge is 0.482 e. The first-order valence-electron chi connectivity index (χ1n) is 6.22. The summed E-state index contributed by atoms with van der Waals surface area (Å²) in [5.41, 5.74) is 0.323. The van der Waals surface area contributed by atoms with Crippen molar-refractivity contribution in [1.29, 1.82) is 5.26 Å². The number of nitrogens with zero attached hydrogens (tertiary/aromatic N) is 1. The van der Waals surface area contributed by atoms with Gasteiger partial charge in [-0.1, -0.05) is 25.5 Å². The molecule has 0 aromatic heterocycles. The van der Waals surface area contributed by atoms with Gasteiger partial charge >= 0.3 is 5.97 Å². The van der Waals surface area contributed by atoms with Gasteiger partial charge < -0.3 is 15.2 Å². The van der Waals surface area contributed by atoms with Crippen LogP contribution in [-0.4, -0.2) is 29.6 Å². The molecular weight excluding hydrogens is 260 g/mol. The molecule has 0 saturated carbocycles. The van der Waals surface area contributed by atoms with E-state index in [1.165, 1.54) is 0 Å². The molecule has 0 unspecified atom stereocenters. The van der Waals surface area contributed by atoms with Gasteiger partial charge in [-0.25, -0.2) is 4.79 Å². The van der Waals surface area contributed by atoms with Gasteiger partial charge in [0.1, 0.15) is 17.9 Å². The molecule has 0 fully saturated rings. The molecule has 6 heteroatoms. The second kappa shape index (κ2) is 7.79. The smallest absolute Gasteiger partial charge is 0.326 e. The molecule has 106 valence electrons. The van der Waals surface area contributed by atoms with E-state index in [0.29, 0.717) is 24.2 Å². The Bertz CT molecular complexity index is 522. The van der Waals surface area contributed by atoms with Gasteiger partial charge in [0.15, 0.2) is 6.61 Å². The van der Waals surface area contributed by atoms with E-state index in [1.54, 1.807) is 24.3 Å². The lowest BCUT2D eigenvalue weighted by Gasteiger charge is -2.14. The highest BCUT2D eigenvalue weighted by atomic mass is 16.5. The molecule has 0 aliphatic heterocycles. The molecule has 1 atom stereocenters. The summed E-state index contributed by atoms with van der Waals surface area (Å²) in [6.07, 6.45) is 1.01. The number of hydrogen-bond donors (Lipinski definition) is 2. The average Bonchev–Trinajstić information content (AvgIpc) is 2.44. The van der Waals surface area contributed by atoms with Crippen molar-refractivity contribution in [3.8, 4) is 11.8 Å². The number of carbonyl (C=O) groups excluding carboxylic acids is 1. The van der Waals surface area contributed by atoms with Gasteiger partial charge in [-0.15, -0.1) is 0 Å². The topological polar surface area (TPSA) is 99.4 Å². The fourth-order valence-corrected chi connectivity index (χ4v) is 1.61.